The molecule has 1 amide bonds. The van der Waals surface area contributed by atoms with Crippen molar-refractivity contribution in [3.05, 3.63) is 0 Å². The van der Waals surface area contributed by atoms with Gasteiger partial charge in [-0.05, 0) is 19.3 Å². The molecule has 0 aromatic rings. The number of nitrogens with one attached hydrogen (secondary N) is 1. The van der Waals surface area contributed by atoms with Crippen LogP contribution in [-0.2, 0) is 14.3 Å². The lowest BCUT2D eigenvalue weighted by Crippen LogP contribution is -2.55. The van der Waals surface area contributed by atoms with E-state index in [1.165, 1.54) is 7.11 Å². The number of carboxylic acid groups (broad SMARTS) is 1. The van der Waals surface area contributed by atoms with Crippen LogP contribution in [0.25, 0.3) is 0 Å². The Hall–Kier alpha value is -1.10. The Morgan fingerprint density at radius 3 is 1.88 bits per heavy atom. The van der Waals surface area contributed by atoms with Crippen LogP contribution in [0.4, 0.5) is 0 Å². The van der Waals surface area contributed by atoms with E-state index in [4.69, 9.17) is 9.84 Å². The first-order valence-electron chi connectivity index (χ1n) is 5.11. The molecule has 1 atom stereocenters. The van der Waals surface area contributed by atoms with Gasteiger partial charge in [0, 0.05) is 7.11 Å². The van der Waals surface area contributed by atoms with Crippen molar-refractivity contribution in [1.29, 1.82) is 0 Å². The molecule has 0 bridgehead atoms. The van der Waals surface area contributed by atoms with Crippen molar-refractivity contribution in [2.75, 3.05) is 7.11 Å². The first kappa shape index (κ1) is 14.9. The maximum atomic E-state index is 11.8. The number of rotatable bonds is 4. The van der Waals surface area contributed by atoms with Crippen LogP contribution in [0.5, 0.6) is 0 Å². The molecule has 0 aliphatic heterocycles. The zero-order valence-corrected chi connectivity index (χ0v) is 10.7. The number of methoxy groups -OCH3 is 1. The van der Waals surface area contributed by atoms with Crippen LogP contribution in [0.1, 0.15) is 34.6 Å². The molecule has 0 unspecified atom stereocenters. The molecule has 0 aliphatic carbocycles. The predicted octanol–water partition coefficient (Wildman–Crippen LogP) is 1.03. The van der Waals surface area contributed by atoms with Gasteiger partial charge in [-0.25, -0.2) is 4.79 Å². The third kappa shape index (κ3) is 3.81. The molecule has 0 saturated carbocycles. The van der Waals surface area contributed by atoms with Gasteiger partial charge in [0.15, 0.2) is 0 Å². The van der Waals surface area contributed by atoms with E-state index in [1.54, 1.807) is 34.6 Å². The van der Waals surface area contributed by atoms with Crippen LogP contribution in [0.3, 0.4) is 0 Å². The second-order valence-electron chi connectivity index (χ2n) is 5.33. The minimum absolute atomic E-state index is 0.433. The molecule has 0 fully saturated rings. The minimum atomic E-state index is -1.05. The van der Waals surface area contributed by atoms with Crippen LogP contribution < -0.4 is 5.32 Å². The zero-order valence-electron chi connectivity index (χ0n) is 10.7. The third-order valence-corrected chi connectivity index (χ3v) is 2.45. The van der Waals surface area contributed by atoms with Crippen LogP contribution >= 0.6 is 0 Å². The number of ether oxygens (including phenoxy) is 1. The van der Waals surface area contributed by atoms with Crippen LogP contribution in [-0.4, -0.2) is 35.7 Å². The van der Waals surface area contributed by atoms with Crippen molar-refractivity contribution in [1.82, 2.24) is 5.32 Å². The van der Waals surface area contributed by atoms with Crippen molar-refractivity contribution in [2.24, 2.45) is 5.41 Å². The smallest absolute Gasteiger partial charge is 0.326 e. The van der Waals surface area contributed by atoms with E-state index in [9.17, 15) is 9.59 Å². The normalized spacial score (nSPS) is 14.4. The minimum Gasteiger partial charge on any atom is -0.480 e. The van der Waals surface area contributed by atoms with Gasteiger partial charge in [-0.15, -0.1) is 0 Å². The quantitative estimate of drug-likeness (QED) is 0.757. The summed E-state index contributed by atoms with van der Waals surface area (Å²) < 4.78 is 4.99. The number of carbonyl (C=O) groups excluding carboxylic acids is 1. The molecule has 5 nitrogen and oxygen atoms in total. The topological polar surface area (TPSA) is 75.6 Å². The Morgan fingerprint density at radius 1 is 1.19 bits per heavy atom. The summed E-state index contributed by atoms with van der Waals surface area (Å²) >= 11 is 0. The molecule has 0 aromatic carbocycles. The van der Waals surface area contributed by atoms with Crippen molar-refractivity contribution < 1.29 is 19.4 Å². The number of hydrogen-bond donors (Lipinski definition) is 2. The molecule has 0 aliphatic rings. The number of aliphatic carboxylic acids is 1. The van der Waals surface area contributed by atoms with Crippen LogP contribution in [0, 0.1) is 5.41 Å². The summed E-state index contributed by atoms with van der Waals surface area (Å²) in [5.41, 5.74) is -1.58. The Kier molecular flexibility index (Phi) is 4.49. The fourth-order valence-corrected chi connectivity index (χ4v) is 1.05. The SMILES string of the molecule is COC(C)(C)C(=O)N[C@@H](C(=O)O)C(C)(C)C. The Bertz CT molecular complexity index is 278. The second-order valence-corrected chi connectivity index (χ2v) is 5.33. The van der Waals surface area contributed by atoms with E-state index < -0.39 is 28.9 Å². The highest BCUT2D eigenvalue weighted by atomic mass is 16.5. The standard InChI is InChI=1S/C11H21NO4/c1-10(2,3)7(8(13)14)12-9(15)11(4,5)16-6/h7H,1-6H3,(H,12,15)(H,13,14)/t7-/m0/s1. The lowest BCUT2D eigenvalue weighted by Gasteiger charge is -2.31. The maximum absolute atomic E-state index is 11.8. The lowest BCUT2D eigenvalue weighted by molar-refractivity contribution is -0.150. The van der Waals surface area contributed by atoms with E-state index in [-0.39, 0.29) is 0 Å². The molecule has 0 spiro atoms. The van der Waals surface area contributed by atoms with Gasteiger partial charge in [-0.3, -0.25) is 4.79 Å². The van der Waals surface area contributed by atoms with Gasteiger partial charge >= 0.3 is 5.97 Å². The van der Waals surface area contributed by atoms with E-state index >= 15 is 0 Å². The fraction of sp³-hybridized carbons (Fsp3) is 0.818. The van der Waals surface area contributed by atoms with Gasteiger partial charge < -0.3 is 15.2 Å². The number of carbonyl (C=O) groups is 2. The molecule has 0 heterocycles. The first-order chi connectivity index (χ1) is 7.02. The summed E-state index contributed by atoms with van der Waals surface area (Å²) in [6, 6.07) is -0.936. The number of carboxylic acids is 1. The molecule has 16 heavy (non-hydrogen) atoms. The van der Waals surface area contributed by atoms with E-state index in [2.05, 4.69) is 5.32 Å². The number of amides is 1. The molecule has 5 heteroatoms. The average Bonchev–Trinajstić information content (AvgIpc) is 2.11. The summed E-state index contributed by atoms with van der Waals surface area (Å²) in [6.45, 7) is 8.44. The van der Waals surface area contributed by atoms with Crippen LogP contribution in [0.15, 0.2) is 0 Å². The molecule has 0 aromatic heterocycles. The van der Waals surface area contributed by atoms with Crippen molar-refractivity contribution in [2.45, 2.75) is 46.3 Å². The predicted molar refractivity (Wildman–Crippen MR) is 60.1 cm³/mol. The summed E-state index contributed by atoms with van der Waals surface area (Å²) in [7, 11) is 1.41. The highest BCUT2D eigenvalue weighted by Gasteiger charge is 2.36. The van der Waals surface area contributed by atoms with Gasteiger partial charge in [-0.1, -0.05) is 20.8 Å². The van der Waals surface area contributed by atoms with Crippen molar-refractivity contribution in [3.8, 4) is 0 Å². The monoisotopic (exact) mass is 231 g/mol. The fourth-order valence-electron chi connectivity index (χ4n) is 1.05. The highest BCUT2D eigenvalue weighted by molar-refractivity contribution is 5.89. The Labute approximate surface area is 96.2 Å². The summed E-state index contributed by atoms with van der Waals surface area (Å²) in [5, 5.41) is 11.5. The second kappa shape index (κ2) is 4.82. The molecular formula is C11H21NO4. The number of hydrogen-bond acceptors (Lipinski definition) is 3. The molecule has 0 radical (unpaired) electrons. The molecule has 94 valence electrons. The Balaban J connectivity index is 4.81. The van der Waals surface area contributed by atoms with Gasteiger partial charge in [0.25, 0.3) is 5.91 Å². The lowest BCUT2D eigenvalue weighted by atomic mass is 9.86. The first-order valence-corrected chi connectivity index (χ1v) is 5.11. The molecule has 0 rings (SSSR count). The molecule has 0 saturated heterocycles. The van der Waals surface area contributed by atoms with E-state index in [1.807, 2.05) is 0 Å². The van der Waals surface area contributed by atoms with Crippen molar-refractivity contribution >= 4 is 11.9 Å². The van der Waals surface area contributed by atoms with E-state index in [0.29, 0.717) is 0 Å². The summed E-state index contributed by atoms with van der Waals surface area (Å²) in [4.78, 5) is 22.8. The average molecular weight is 231 g/mol. The van der Waals surface area contributed by atoms with E-state index in [0.717, 1.165) is 0 Å². The van der Waals surface area contributed by atoms with Gasteiger partial charge in [0.05, 0.1) is 0 Å². The van der Waals surface area contributed by atoms with Crippen LogP contribution in [0.2, 0.25) is 0 Å². The zero-order chi connectivity index (χ0) is 13.1. The maximum Gasteiger partial charge on any atom is 0.326 e. The van der Waals surface area contributed by atoms with Gasteiger partial charge in [0.2, 0.25) is 0 Å². The van der Waals surface area contributed by atoms with Gasteiger partial charge in [-0.2, -0.15) is 0 Å². The molecular weight excluding hydrogens is 210 g/mol. The van der Waals surface area contributed by atoms with Gasteiger partial charge in [0.1, 0.15) is 11.6 Å². The summed E-state index contributed by atoms with van der Waals surface area (Å²) in [6.07, 6.45) is 0. The summed E-state index contributed by atoms with van der Waals surface area (Å²) in [5.74, 6) is -1.48. The van der Waals surface area contributed by atoms with Crippen molar-refractivity contribution in [3.63, 3.8) is 0 Å². The molecule has 2 N–H and O–H groups in total. The Morgan fingerprint density at radius 2 is 1.62 bits per heavy atom. The third-order valence-electron chi connectivity index (χ3n) is 2.45. The highest BCUT2D eigenvalue weighted by Crippen LogP contribution is 2.20. The largest absolute Gasteiger partial charge is 0.480 e.